The Morgan fingerprint density at radius 3 is 2.62 bits per heavy atom. The monoisotopic (exact) mass is 290 g/mol. The molecule has 1 fully saturated rings. The molecule has 0 bridgehead atoms. The standard InChI is InChI=1S/C11H9BrF2O2/c1-16-10(15)7-2-6(3-8(12)4-7)9-5-11(9,13)14/h2-4,9H,5H2,1H3. The smallest absolute Gasteiger partial charge is 0.337 e. The lowest BCUT2D eigenvalue weighted by Crippen LogP contribution is -2.03. The lowest BCUT2D eigenvalue weighted by Gasteiger charge is -2.05. The Balaban J connectivity index is 2.34. The van der Waals surface area contributed by atoms with Crippen molar-refractivity contribution in [2.75, 3.05) is 7.11 Å². The van der Waals surface area contributed by atoms with Crippen LogP contribution in [-0.4, -0.2) is 19.0 Å². The summed E-state index contributed by atoms with van der Waals surface area (Å²) in [5.74, 6) is -3.92. The van der Waals surface area contributed by atoms with Crippen molar-refractivity contribution in [3.63, 3.8) is 0 Å². The number of hydrogen-bond donors (Lipinski definition) is 0. The molecule has 2 rings (SSSR count). The van der Waals surface area contributed by atoms with Crippen molar-refractivity contribution >= 4 is 21.9 Å². The molecule has 0 aliphatic heterocycles. The van der Waals surface area contributed by atoms with Crippen LogP contribution < -0.4 is 0 Å². The number of halogens is 3. The largest absolute Gasteiger partial charge is 0.465 e. The Bertz CT molecular complexity index is 446. The number of methoxy groups -OCH3 is 1. The molecule has 86 valence electrons. The fraction of sp³-hybridized carbons (Fsp3) is 0.364. The lowest BCUT2D eigenvalue weighted by atomic mass is 10.1. The number of alkyl halides is 2. The summed E-state index contributed by atoms with van der Waals surface area (Å²) in [5.41, 5.74) is 0.759. The topological polar surface area (TPSA) is 26.3 Å². The fourth-order valence-electron chi connectivity index (χ4n) is 1.62. The van der Waals surface area contributed by atoms with E-state index < -0.39 is 17.8 Å². The van der Waals surface area contributed by atoms with E-state index in [1.54, 1.807) is 12.1 Å². The maximum Gasteiger partial charge on any atom is 0.337 e. The van der Waals surface area contributed by atoms with E-state index in [2.05, 4.69) is 20.7 Å². The van der Waals surface area contributed by atoms with Gasteiger partial charge in [-0.3, -0.25) is 0 Å². The molecule has 1 atom stereocenters. The maximum absolute atomic E-state index is 12.9. The third kappa shape index (κ3) is 2.09. The van der Waals surface area contributed by atoms with Crippen LogP contribution >= 0.6 is 15.9 Å². The third-order valence-electron chi connectivity index (χ3n) is 2.57. The molecule has 0 N–H and O–H groups in total. The molecular weight excluding hydrogens is 282 g/mol. The zero-order chi connectivity index (χ0) is 11.9. The van der Waals surface area contributed by atoms with Crippen LogP contribution in [0.2, 0.25) is 0 Å². The van der Waals surface area contributed by atoms with Crippen molar-refractivity contribution < 1.29 is 18.3 Å². The normalized spacial score (nSPS) is 21.6. The molecule has 0 radical (unpaired) electrons. The van der Waals surface area contributed by atoms with E-state index in [-0.39, 0.29) is 12.0 Å². The van der Waals surface area contributed by atoms with Gasteiger partial charge in [0.15, 0.2) is 0 Å². The summed E-state index contributed by atoms with van der Waals surface area (Å²) in [7, 11) is 1.26. The first-order valence-corrected chi connectivity index (χ1v) is 5.50. The summed E-state index contributed by atoms with van der Waals surface area (Å²) in [4.78, 5) is 11.3. The predicted octanol–water partition coefficient (Wildman–Crippen LogP) is 3.36. The second-order valence-corrected chi connectivity index (χ2v) is 4.70. The average molecular weight is 291 g/mol. The zero-order valence-electron chi connectivity index (χ0n) is 8.47. The number of ether oxygens (including phenoxy) is 1. The number of esters is 1. The van der Waals surface area contributed by atoms with Crippen molar-refractivity contribution in [2.24, 2.45) is 0 Å². The minimum absolute atomic E-state index is 0.149. The van der Waals surface area contributed by atoms with Crippen LogP contribution in [0.4, 0.5) is 8.78 Å². The van der Waals surface area contributed by atoms with E-state index in [9.17, 15) is 13.6 Å². The molecule has 16 heavy (non-hydrogen) atoms. The van der Waals surface area contributed by atoms with Crippen LogP contribution in [0.15, 0.2) is 22.7 Å². The van der Waals surface area contributed by atoms with Crippen LogP contribution in [0.25, 0.3) is 0 Å². The van der Waals surface area contributed by atoms with E-state index in [0.29, 0.717) is 10.0 Å². The van der Waals surface area contributed by atoms with Crippen molar-refractivity contribution in [3.05, 3.63) is 33.8 Å². The van der Waals surface area contributed by atoms with Gasteiger partial charge in [0.25, 0.3) is 5.92 Å². The molecule has 0 spiro atoms. The van der Waals surface area contributed by atoms with E-state index in [1.165, 1.54) is 13.2 Å². The quantitative estimate of drug-likeness (QED) is 0.781. The second-order valence-electron chi connectivity index (χ2n) is 3.78. The molecule has 1 aromatic rings. The van der Waals surface area contributed by atoms with Gasteiger partial charge in [0.05, 0.1) is 18.6 Å². The zero-order valence-corrected chi connectivity index (χ0v) is 10.1. The van der Waals surface area contributed by atoms with Crippen LogP contribution in [0.5, 0.6) is 0 Å². The summed E-state index contributed by atoms with van der Waals surface area (Å²) in [6.07, 6.45) is -0.149. The molecule has 1 aliphatic rings. The van der Waals surface area contributed by atoms with Crippen molar-refractivity contribution in [1.29, 1.82) is 0 Å². The van der Waals surface area contributed by atoms with Crippen LogP contribution in [0.3, 0.4) is 0 Å². The number of hydrogen-bond acceptors (Lipinski definition) is 2. The summed E-state index contributed by atoms with van der Waals surface area (Å²) in [6, 6.07) is 4.62. The summed E-state index contributed by atoms with van der Waals surface area (Å²) in [6.45, 7) is 0. The van der Waals surface area contributed by atoms with E-state index in [1.807, 2.05) is 0 Å². The summed E-state index contributed by atoms with van der Waals surface area (Å²) in [5, 5.41) is 0. The molecule has 5 heteroatoms. The maximum atomic E-state index is 12.9. The van der Waals surface area contributed by atoms with Gasteiger partial charge in [0.1, 0.15) is 0 Å². The highest BCUT2D eigenvalue weighted by atomic mass is 79.9. The van der Waals surface area contributed by atoms with Gasteiger partial charge >= 0.3 is 5.97 Å². The summed E-state index contributed by atoms with van der Waals surface area (Å²) < 4.78 is 30.9. The molecule has 1 aliphatic carbocycles. The first-order chi connectivity index (χ1) is 7.44. The highest BCUT2D eigenvalue weighted by Crippen LogP contribution is 2.56. The molecule has 0 aromatic heterocycles. The Hall–Kier alpha value is -0.970. The van der Waals surface area contributed by atoms with Gasteiger partial charge < -0.3 is 4.74 Å². The molecule has 0 heterocycles. The summed E-state index contributed by atoms with van der Waals surface area (Å²) >= 11 is 3.19. The van der Waals surface area contributed by atoms with Gasteiger partial charge in [-0.1, -0.05) is 15.9 Å². The fourth-order valence-corrected chi connectivity index (χ4v) is 2.14. The average Bonchev–Trinajstić information content (AvgIpc) is 2.86. The van der Waals surface area contributed by atoms with Crippen LogP contribution in [-0.2, 0) is 4.74 Å². The van der Waals surface area contributed by atoms with E-state index in [0.717, 1.165) is 0 Å². The number of rotatable bonds is 2. The van der Waals surface area contributed by atoms with Gasteiger partial charge in [0.2, 0.25) is 0 Å². The third-order valence-corrected chi connectivity index (χ3v) is 3.03. The Morgan fingerprint density at radius 1 is 1.50 bits per heavy atom. The number of benzene rings is 1. The molecule has 1 unspecified atom stereocenters. The van der Waals surface area contributed by atoms with Gasteiger partial charge in [-0.25, -0.2) is 13.6 Å². The molecular formula is C11H9BrF2O2. The lowest BCUT2D eigenvalue weighted by molar-refractivity contribution is 0.0600. The Labute approximate surface area is 99.7 Å². The van der Waals surface area contributed by atoms with Crippen LogP contribution in [0, 0.1) is 0 Å². The van der Waals surface area contributed by atoms with Gasteiger partial charge in [-0.15, -0.1) is 0 Å². The number of carbonyl (C=O) groups excluding carboxylic acids is 1. The van der Waals surface area contributed by atoms with Crippen molar-refractivity contribution in [2.45, 2.75) is 18.3 Å². The molecule has 2 nitrogen and oxygen atoms in total. The second kappa shape index (κ2) is 3.80. The molecule has 0 saturated heterocycles. The Kier molecular flexibility index (Phi) is 2.74. The first-order valence-electron chi connectivity index (χ1n) is 4.70. The van der Waals surface area contributed by atoms with Crippen LogP contribution in [0.1, 0.15) is 28.3 Å². The number of carbonyl (C=O) groups is 1. The minimum Gasteiger partial charge on any atom is -0.465 e. The van der Waals surface area contributed by atoms with E-state index >= 15 is 0 Å². The highest BCUT2D eigenvalue weighted by Gasteiger charge is 2.57. The van der Waals surface area contributed by atoms with Gasteiger partial charge in [0, 0.05) is 10.9 Å². The predicted molar refractivity (Wildman–Crippen MR) is 57.8 cm³/mol. The van der Waals surface area contributed by atoms with Crippen molar-refractivity contribution in [1.82, 2.24) is 0 Å². The minimum atomic E-state index is -2.63. The first kappa shape index (κ1) is 11.5. The Morgan fingerprint density at radius 2 is 2.12 bits per heavy atom. The van der Waals surface area contributed by atoms with Gasteiger partial charge in [-0.2, -0.15) is 0 Å². The van der Waals surface area contributed by atoms with Gasteiger partial charge in [-0.05, 0) is 23.8 Å². The van der Waals surface area contributed by atoms with Crippen molar-refractivity contribution in [3.8, 4) is 0 Å². The molecule has 1 aromatic carbocycles. The molecule has 0 amide bonds. The SMILES string of the molecule is COC(=O)c1cc(Br)cc(C2CC2(F)F)c1. The highest BCUT2D eigenvalue weighted by molar-refractivity contribution is 9.10. The van der Waals surface area contributed by atoms with E-state index in [4.69, 9.17) is 0 Å². The molecule has 1 saturated carbocycles.